The Labute approximate surface area is 186 Å². The lowest BCUT2D eigenvalue weighted by Crippen LogP contribution is -2.49. The maximum atomic E-state index is 13.0. The van der Waals surface area contributed by atoms with Gasteiger partial charge in [0.1, 0.15) is 11.5 Å². The summed E-state index contributed by atoms with van der Waals surface area (Å²) in [6.45, 7) is 3.36. The van der Waals surface area contributed by atoms with Gasteiger partial charge in [-0.3, -0.25) is 4.90 Å². The van der Waals surface area contributed by atoms with E-state index in [1.165, 1.54) is 12.1 Å². The number of rotatable bonds is 9. The minimum atomic E-state index is -4.35. The lowest BCUT2D eigenvalue weighted by atomic mass is 10.1. The molecule has 0 aliphatic carbocycles. The molecule has 3 rings (SSSR count). The van der Waals surface area contributed by atoms with Crippen LogP contribution < -0.4 is 14.4 Å². The predicted molar refractivity (Wildman–Crippen MR) is 115 cm³/mol. The van der Waals surface area contributed by atoms with Crippen molar-refractivity contribution >= 4 is 5.69 Å². The second-order valence-corrected chi connectivity index (χ2v) is 7.68. The highest BCUT2D eigenvalue weighted by atomic mass is 19.4. The molecule has 1 saturated heterocycles. The van der Waals surface area contributed by atoms with Crippen LogP contribution >= 0.6 is 0 Å². The molecule has 2 aromatic carbocycles. The Morgan fingerprint density at radius 2 is 1.75 bits per heavy atom. The molecule has 0 amide bonds. The van der Waals surface area contributed by atoms with Crippen LogP contribution in [0.15, 0.2) is 42.5 Å². The number of hydrogen-bond donors (Lipinski definition) is 1. The van der Waals surface area contributed by atoms with E-state index in [1.54, 1.807) is 32.4 Å². The van der Waals surface area contributed by atoms with Crippen molar-refractivity contribution in [3.05, 3.63) is 53.6 Å². The number of alkyl halides is 3. The van der Waals surface area contributed by atoms with Crippen molar-refractivity contribution in [2.24, 2.45) is 0 Å². The Balaban J connectivity index is 1.44. The molecule has 1 unspecified atom stereocenters. The number of aliphatic hydroxyl groups excluding tert-OH is 1. The fourth-order valence-electron chi connectivity index (χ4n) is 3.72. The zero-order chi connectivity index (χ0) is 23.1. The molecule has 0 aromatic heterocycles. The van der Waals surface area contributed by atoms with Gasteiger partial charge in [-0.05, 0) is 36.4 Å². The molecule has 1 fully saturated rings. The van der Waals surface area contributed by atoms with Gasteiger partial charge in [-0.15, -0.1) is 0 Å². The number of piperazine rings is 1. The molecule has 6 nitrogen and oxygen atoms in total. The summed E-state index contributed by atoms with van der Waals surface area (Å²) in [5, 5.41) is 10.4. The van der Waals surface area contributed by atoms with Gasteiger partial charge in [-0.1, -0.05) is 6.07 Å². The van der Waals surface area contributed by atoms with Crippen LogP contribution in [-0.2, 0) is 17.5 Å². The van der Waals surface area contributed by atoms with Crippen molar-refractivity contribution in [1.29, 1.82) is 0 Å². The van der Waals surface area contributed by atoms with E-state index in [0.717, 1.165) is 11.6 Å². The highest BCUT2D eigenvalue weighted by Gasteiger charge is 2.31. The van der Waals surface area contributed by atoms with Crippen LogP contribution in [0.25, 0.3) is 0 Å². The molecule has 9 heteroatoms. The molecule has 0 saturated carbocycles. The summed E-state index contributed by atoms with van der Waals surface area (Å²) >= 11 is 0. The molecule has 1 aliphatic rings. The largest absolute Gasteiger partial charge is 0.497 e. The number of anilines is 1. The Morgan fingerprint density at radius 3 is 2.41 bits per heavy atom. The third-order valence-corrected chi connectivity index (χ3v) is 5.44. The van der Waals surface area contributed by atoms with E-state index in [4.69, 9.17) is 14.2 Å². The molecule has 0 spiro atoms. The first-order chi connectivity index (χ1) is 15.3. The number of benzene rings is 2. The second-order valence-electron chi connectivity index (χ2n) is 7.68. The van der Waals surface area contributed by atoms with E-state index >= 15 is 0 Å². The Morgan fingerprint density at radius 1 is 1.00 bits per heavy atom. The zero-order valence-corrected chi connectivity index (χ0v) is 18.3. The summed E-state index contributed by atoms with van der Waals surface area (Å²) < 4.78 is 55.1. The summed E-state index contributed by atoms with van der Waals surface area (Å²) in [4.78, 5) is 4.02. The fourth-order valence-corrected chi connectivity index (χ4v) is 3.72. The Bertz CT molecular complexity index is 871. The minimum Gasteiger partial charge on any atom is -0.497 e. The number of ether oxygens (including phenoxy) is 3. The first kappa shape index (κ1) is 24.2. The van der Waals surface area contributed by atoms with Crippen LogP contribution in [0.1, 0.15) is 11.1 Å². The molecule has 2 aromatic rings. The quantitative estimate of drug-likeness (QED) is 0.627. The summed E-state index contributed by atoms with van der Waals surface area (Å²) in [6, 6.07) is 10.8. The zero-order valence-electron chi connectivity index (χ0n) is 18.3. The molecule has 0 bridgehead atoms. The third kappa shape index (κ3) is 6.51. The van der Waals surface area contributed by atoms with Crippen LogP contribution in [0.5, 0.6) is 11.5 Å². The van der Waals surface area contributed by atoms with Crippen LogP contribution in [0.2, 0.25) is 0 Å². The normalized spacial score (nSPS) is 16.1. The van der Waals surface area contributed by atoms with Gasteiger partial charge in [0.15, 0.2) is 0 Å². The summed E-state index contributed by atoms with van der Waals surface area (Å²) in [7, 11) is 3.17. The summed E-state index contributed by atoms with van der Waals surface area (Å²) in [5.74, 6) is 1.38. The Hall–Kier alpha value is -2.49. The van der Waals surface area contributed by atoms with E-state index < -0.39 is 17.8 Å². The highest BCUT2D eigenvalue weighted by molar-refractivity contribution is 5.49. The number of aliphatic hydroxyl groups is 1. The Kier molecular flexibility index (Phi) is 8.22. The van der Waals surface area contributed by atoms with Crippen molar-refractivity contribution in [3.63, 3.8) is 0 Å². The van der Waals surface area contributed by atoms with Crippen LogP contribution in [0.4, 0.5) is 18.9 Å². The summed E-state index contributed by atoms with van der Waals surface area (Å²) in [6.07, 6.45) is -5.02. The maximum Gasteiger partial charge on any atom is 0.416 e. The fraction of sp³-hybridized carbons (Fsp3) is 0.478. The summed E-state index contributed by atoms with van der Waals surface area (Å²) in [5.41, 5.74) is 0.752. The van der Waals surface area contributed by atoms with Crippen molar-refractivity contribution < 1.29 is 32.5 Å². The smallest absolute Gasteiger partial charge is 0.416 e. The number of β-amino-alcohol motifs (C(OH)–C–C–N with tert-alkyl or cyclic N) is 1. The van der Waals surface area contributed by atoms with E-state index in [-0.39, 0.29) is 13.2 Å². The van der Waals surface area contributed by atoms with Crippen molar-refractivity contribution in [3.8, 4) is 11.5 Å². The monoisotopic (exact) mass is 454 g/mol. The number of hydrogen-bond acceptors (Lipinski definition) is 6. The topological polar surface area (TPSA) is 54.4 Å². The highest BCUT2D eigenvalue weighted by Crippen LogP contribution is 2.32. The second kappa shape index (κ2) is 10.9. The lowest BCUT2D eigenvalue weighted by Gasteiger charge is -2.37. The van der Waals surface area contributed by atoms with Gasteiger partial charge < -0.3 is 24.2 Å². The van der Waals surface area contributed by atoms with Gasteiger partial charge in [0.25, 0.3) is 0 Å². The molecule has 1 N–H and O–H groups in total. The molecular weight excluding hydrogens is 425 g/mol. The van der Waals surface area contributed by atoms with Gasteiger partial charge in [0, 0.05) is 44.0 Å². The van der Waals surface area contributed by atoms with Crippen molar-refractivity contribution in [2.45, 2.75) is 18.9 Å². The minimum absolute atomic E-state index is 0.161. The lowest BCUT2D eigenvalue weighted by molar-refractivity contribution is -0.137. The van der Waals surface area contributed by atoms with Crippen molar-refractivity contribution in [2.75, 3.05) is 58.5 Å². The third-order valence-electron chi connectivity index (χ3n) is 5.44. The average Bonchev–Trinajstić information content (AvgIpc) is 2.79. The number of nitrogens with zero attached hydrogens (tertiary/aromatic N) is 2. The molecule has 1 heterocycles. The van der Waals surface area contributed by atoms with Gasteiger partial charge in [-0.2, -0.15) is 13.2 Å². The molecule has 1 atom stereocenters. The van der Waals surface area contributed by atoms with Crippen LogP contribution in [0.3, 0.4) is 0 Å². The average molecular weight is 454 g/mol. The first-order valence-corrected chi connectivity index (χ1v) is 10.4. The van der Waals surface area contributed by atoms with E-state index in [9.17, 15) is 18.3 Å². The van der Waals surface area contributed by atoms with E-state index in [1.807, 2.05) is 11.0 Å². The van der Waals surface area contributed by atoms with E-state index in [0.29, 0.717) is 49.9 Å². The SMILES string of the molecule is COc1ccc(OC)c(COCC(O)CN2CCN(c3cccc(C(F)(F)F)c3)CC2)c1. The van der Waals surface area contributed by atoms with Crippen LogP contribution in [-0.4, -0.2) is 69.7 Å². The molecule has 32 heavy (non-hydrogen) atoms. The number of methoxy groups -OCH3 is 2. The molecule has 176 valence electrons. The van der Waals surface area contributed by atoms with Gasteiger partial charge in [0.2, 0.25) is 0 Å². The van der Waals surface area contributed by atoms with Gasteiger partial charge >= 0.3 is 6.18 Å². The maximum absolute atomic E-state index is 13.0. The van der Waals surface area contributed by atoms with Gasteiger partial charge in [-0.25, -0.2) is 0 Å². The predicted octanol–water partition coefficient (Wildman–Crippen LogP) is 3.42. The van der Waals surface area contributed by atoms with Crippen molar-refractivity contribution in [1.82, 2.24) is 4.90 Å². The van der Waals surface area contributed by atoms with E-state index in [2.05, 4.69) is 4.90 Å². The molecule has 1 aliphatic heterocycles. The first-order valence-electron chi connectivity index (χ1n) is 10.4. The van der Waals surface area contributed by atoms with Gasteiger partial charge in [0.05, 0.1) is 39.1 Å². The molecule has 0 radical (unpaired) electrons. The van der Waals surface area contributed by atoms with Crippen LogP contribution in [0, 0.1) is 0 Å². The standard InChI is InChI=1S/C23H29F3N2O4/c1-30-21-6-7-22(31-2)17(12-21)15-32-16-20(29)14-27-8-10-28(11-9-27)19-5-3-4-18(13-19)23(24,25)26/h3-7,12-13,20,29H,8-11,14-16H2,1-2H3. The number of halogens is 3. The molecular formula is C23H29F3N2O4.